The molecule has 0 heterocycles. The monoisotopic (exact) mass is 247 g/mol. The van der Waals surface area contributed by atoms with Crippen LogP contribution in [0.15, 0.2) is 30.3 Å². The Kier molecular flexibility index (Phi) is 9.55. The van der Waals surface area contributed by atoms with Crippen molar-refractivity contribution in [3.63, 3.8) is 0 Å². The maximum Gasteiger partial charge on any atom is 0.0466 e. The third-order valence-corrected chi connectivity index (χ3v) is 3.14. The lowest BCUT2D eigenvalue weighted by atomic mass is 10.1. The van der Waals surface area contributed by atoms with Gasteiger partial charge in [-0.25, -0.2) is 0 Å². The van der Waals surface area contributed by atoms with Crippen molar-refractivity contribution in [2.24, 2.45) is 0 Å². The molecule has 1 rings (SSSR count). The Hall–Kier alpha value is -0.820. The third kappa shape index (κ3) is 8.30. The van der Waals surface area contributed by atoms with Crippen LogP contribution in [0.3, 0.4) is 0 Å². The summed E-state index contributed by atoms with van der Waals surface area (Å²) in [7, 11) is 0. The van der Waals surface area contributed by atoms with E-state index < -0.39 is 0 Å². The Morgan fingerprint density at radius 1 is 0.778 bits per heavy atom. The molecule has 0 unspecified atom stereocenters. The molecule has 0 saturated heterocycles. The highest BCUT2D eigenvalue weighted by atomic mass is 16.5. The van der Waals surface area contributed by atoms with Crippen molar-refractivity contribution in [1.29, 1.82) is 0 Å². The third-order valence-electron chi connectivity index (χ3n) is 3.14. The summed E-state index contributed by atoms with van der Waals surface area (Å²) in [4.78, 5) is 0. The maximum atomic E-state index is 5.64. The molecule has 0 aliphatic heterocycles. The summed E-state index contributed by atoms with van der Waals surface area (Å²) in [5.74, 6) is 0. The normalized spacial score (nSPS) is 10.7. The first-order valence-corrected chi connectivity index (χ1v) is 7.34. The molecule has 1 heteroatoms. The highest BCUT2D eigenvalue weighted by molar-refractivity contribution is 5.14. The molecule has 1 aromatic carbocycles. The molecule has 1 aromatic rings. The zero-order valence-electron chi connectivity index (χ0n) is 11.6. The fourth-order valence-corrected chi connectivity index (χ4v) is 2.01. The Balaban J connectivity index is 1.82. The summed E-state index contributed by atoms with van der Waals surface area (Å²) in [6, 6.07) is 10.7. The van der Waals surface area contributed by atoms with E-state index in [0.717, 1.165) is 19.6 Å². The minimum atomic E-state index is 0.919. The molecule has 18 heavy (non-hydrogen) atoms. The van der Waals surface area contributed by atoms with Crippen molar-refractivity contribution < 1.29 is 4.74 Å². The molecule has 0 fully saturated rings. The van der Waals surface area contributed by atoms with E-state index in [4.69, 9.17) is 4.74 Å². The van der Waals surface area contributed by atoms with Crippen LogP contribution in [-0.2, 0) is 11.2 Å². The van der Waals surface area contributed by atoms with Crippen molar-refractivity contribution in [2.45, 2.75) is 51.4 Å². The molecule has 1 nitrogen and oxygen atoms in total. The van der Waals surface area contributed by atoms with Crippen LogP contribution in [0.2, 0.25) is 0 Å². The Morgan fingerprint density at radius 2 is 1.44 bits per heavy atom. The number of hydrogen-bond donors (Lipinski definition) is 0. The topological polar surface area (TPSA) is 9.23 Å². The average Bonchev–Trinajstić information content (AvgIpc) is 2.42. The van der Waals surface area contributed by atoms with Gasteiger partial charge in [-0.05, 0) is 31.2 Å². The molecule has 0 atom stereocenters. The lowest BCUT2D eigenvalue weighted by molar-refractivity contribution is 0.126. The number of hydrogen-bond acceptors (Lipinski definition) is 1. The second-order valence-electron chi connectivity index (χ2n) is 4.82. The Labute approximate surface area is 113 Å². The average molecular weight is 247 g/mol. The second kappa shape index (κ2) is 11.3. The standard InChI is InChI=1S/C17H27O/c1-2-3-4-5-10-15-18-16-11-9-14-17-12-7-6-8-13-17/h6-8,12-13H,1-5,9-11,14-16H2. The van der Waals surface area contributed by atoms with E-state index in [2.05, 4.69) is 37.3 Å². The SMILES string of the molecule is [CH2]CCCCCCOCCCCc1ccccc1. The minimum absolute atomic E-state index is 0.919. The molecule has 101 valence electrons. The fraction of sp³-hybridized carbons (Fsp3) is 0.588. The van der Waals surface area contributed by atoms with E-state index in [1.807, 2.05) is 0 Å². The van der Waals surface area contributed by atoms with Gasteiger partial charge in [0, 0.05) is 13.2 Å². The zero-order chi connectivity index (χ0) is 12.9. The van der Waals surface area contributed by atoms with Gasteiger partial charge >= 0.3 is 0 Å². The molecule has 0 spiro atoms. The Morgan fingerprint density at radius 3 is 2.17 bits per heavy atom. The van der Waals surface area contributed by atoms with Crippen LogP contribution in [0.4, 0.5) is 0 Å². The summed E-state index contributed by atoms with van der Waals surface area (Å²) in [6.45, 7) is 5.70. The molecule has 0 bridgehead atoms. The predicted octanol–water partition coefficient (Wildman–Crippen LogP) is 4.81. The van der Waals surface area contributed by atoms with Crippen LogP contribution in [0.5, 0.6) is 0 Å². The molecule has 0 saturated carbocycles. The highest BCUT2D eigenvalue weighted by Crippen LogP contribution is 2.05. The second-order valence-corrected chi connectivity index (χ2v) is 4.82. The maximum absolute atomic E-state index is 5.64. The van der Waals surface area contributed by atoms with Crippen molar-refractivity contribution in [3.05, 3.63) is 42.8 Å². The van der Waals surface area contributed by atoms with Gasteiger partial charge in [0.25, 0.3) is 0 Å². The first-order valence-electron chi connectivity index (χ1n) is 7.34. The first-order chi connectivity index (χ1) is 8.93. The van der Waals surface area contributed by atoms with Crippen LogP contribution in [0.1, 0.15) is 50.5 Å². The van der Waals surface area contributed by atoms with E-state index in [9.17, 15) is 0 Å². The van der Waals surface area contributed by atoms with E-state index in [1.54, 1.807) is 0 Å². The van der Waals surface area contributed by atoms with E-state index in [-0.39, 0.29) is 0 Å². The van der Waals surface area contributed by atoms with Gasteiger partial charge in [0.15, 0.2) is 0 Å². The van der Waals surface area contributed by atoms with Gasteiger partial charge in [-0.2, -0.15) is 0 Å². The number of rotatable bonds is 11. The van der Waals surface area contributed by atoms with Crippen LogP contribution in [0.25, 0.3) is 0 Å². The molecule has 0 N–H and O–H groups in total. The van der Waals surface area contributed by atoms with Crippen molar-refractivity contribution >= 4 is 0 Å². The molecule has 0 aliphatic carbocycles. The number of benzene rings is 1. The van der Waals surface area contributed by atoms with Crippen molar-refractivity contribution in [2.75, 3.05) is 13.2 Å². The van der Waals surface area contributed by atoms with Crippen LogP contribution >= 0.6 is 0 Å². The summed E-state index contributed by atoms with van der Waals surface area (Å²) in [5, 5.41) is 0. The summed E-state index contributed by atoms with van der Waals surface area (Å²) >= 11 is 0. The molecule has 0 amide bonds. The molecule has 0 aliphatic rings. The van der Waals surface area contributed by atoms with E-state index in [1.165, 1.54) is 50.5 Å². The smallest absolute Gasteiger partial charge is 0.0466 e. The van der Waals surface area contributed by atoms with E-state index >= 15 is 0 Å². The van der Waals surface area contributed by atoms with Crippen LogP contribution in [0, 0.1) is 6.92 Å². The molecular weight excluding hydrogens is 220 g/mol. The number of unbranched alkanes of at least 4 members (excludes halogenated alkanes) is 5. The van der Waals surface area contributed by atoms with Crippen LogP contribution < -0.4 is 0 Å². The zero-order valence-corrected chi connectivity index (χ0v) is 11.6. The van der Waals surface area contributed by atoms with Gasteiger partial charge in [-0.1, -0.05) is 62.9 Å². The fourth-order valence-electron chi connectivity index (χ4n) is 2.01. The summed E-state index contributed by atoms with van der Waals surface area (Å²) in [5.41, 5.74) is 1.44. The van der Waals surface area contributed by atoms with Crippen LogP contribution in [-0.4, -0.2) is 13.2 Å². The molecule has 1 radical (unpaired) electrons. The molecule has 0 aromatic heterocycles. The van der Waals surface area contributed by atoms with Gasteiger partial charge in [0.2, 0.25) is 0 Å². The van der Waals surface area contributed by atoms with Gasteiger partial charge in [0.05, 0.1) is 0 Å². The van der Waals surface area contributed by atoms with Gasteiger partial charge in [0.1, 0.15) is 0 Å². The predicted molar refractivity (Wildman–Crippen MR) is 78.6 cm³/mol. The molecular formula is C17H27O. The Bertz CT molecular complexity index is 268. The van der Waals surface area contributed by atoms with Gasteiger partial charge in [-0.3, -0.25) is 0 Å². The quantitative estimate of drug-likeness (QED) is 0.510. The van der Waals surface area contributed by atoms with Gasteiger partial charge < -0.3 is 4.74 Å². The summed E-state index contributed by atoms with van der Waals surface area (Å²) in [6.07, 6.45) is 9.71. The largest absolute Gasteiger partial charge is 0.381 e. The van der Waals surface area contributed by atoms with Gasteiger partial charge in [-0.15, -0.1) is 0 Å². The first kappa shape index (κ1) is 15.2. The highest BCUT2D eigenvalue weighted by Gasteiger charge is 1.93. The number of aryl methyl sites for hydroxylation is 1. The number of ether oxygens (including phenoxy) is 1. The lowest BCUT2D eigenvalue weighted by Gasteiger charge is -2.04. The minimum Gasteiger partial charge on any atom is -0.381 e. The summed E-state index contributed by atoms with van der Waals surface area (Å²) < 4.78 is 5.64. The van der Waals surface area contributed by atoms with Crippen molar-refractivity contribution in [1.82, 2.24) is 0 Å². The van der Waals surface area contributed by atoms with Crippen molar-refractivity contribution in [3.8, 4) is 0 Å². The van der Waals surface area contributed by atoms with E-state index in [0.29, 0.717) is 0 Å². The lowest BCUT2D eigenvalue weighted by Crippen LogP contribution is -1.98.